The van der Waals surface area contributed by atoms with E-state index in [1.165, 1.54) is 11.8 Å². The van der Waals surface area contributed by atoms with Crippen LogP contribution in [0.3, 0.4) is 0 Å². The first-order valence-corrected chi connectivity index (χ1v) is 9.23. The lowest BCUT2D eigenvalue weighted by Gasteiger charge is -2.10. The van der Waals surface area contributed by atoms with E-state index < -0.39 is 0 Å². The number of hydrogen-bond acceptors (Lipinski definition) is 6. The molecule has 0 saturated carbocycles. The highest BCUT2D eigenvalue weighted by Crippen LogP contribution is 2.26. The lowest BCUT2D eigenvalue weighted by molar-refractivity contribution is 0.102. The number of Topliss-reactive ketones (excluding diaryl/α,β-unsaturated/α-hetero) is 1. The molecular weight excluding hydrogens is 348 g/mol. The van der Waals surface area contributed by atoms with Crippen molar-refractivity contribution in [1.29, 1.82) is 0 Å². The Labute approximate surface area is 156 Å². The molecule has 0 atom stereocenters. The highest BCUT2D eigenvalue weighted by Gasteiger charge is 2.22. The summed E-state index contributed by atoms with van der Waals surface area (Å²) in [6.07, 6.45) is 0. The number of thioether (sulfide) groups is 1. The molecule has 0 aliphatic carbocycles. The van der Waals surface area contributed by atoms with Crippen LogP contribution < -0.4 is 4.74 Å². The molecule has 0 unspecified atom stereocenters. The largest absolute Gasteiger partial charge is 0.457 e. The molecule has 0 N–H and O–H groups in total. The molecule has 0 fully saturated rings. The van der Waals surface area contributed by atoms with E-state index in [4.69, 9.17) is 9.15 Å². The van der Waals surface area contributed by atoms with Crippen LogP contribution in [0.2, 0.25) is 0 Å². The molecule has 3 aromatic rings. The van der Waals surface area contributed by atoms with Gasteiger partial charge < -0.3 is 9.15 Å². The third kappa shape index (κ3) is 4.73. The summed E-state index contributed by atoms with van der Waals surface area (Å²) in [5.41, 5.74) is 0.415. The van der Waals surface area contributed by atoms with Crippen LogP contribution in [0.4, 0.5) is 0 Å². The van der Waals surface area contributed by atoms with Crippen LogP contribution in [0.5, 0.6) is 11.5 Å². The zero-order chi connectivity index (χ0) is 18.6. The topological polar surface area (TPSA) is 65.2 Å². The Morgan fingerprint density at radius 3 is 2.27 bits per heavy atom. The van der Waals surface area contributed by atoms with E-state index in [1.807, 2.05) is 51.1 Å². The average Bonchev–Trinajstić information content (AvgIpc) is 3.11. The van der Waals surface area contributed by atoms with E-state index in [1.54, 1.807) is 24.3 Å². The zero-order valence-corrected chi connectivity index (χ0v) is 15.7. The number of benzene rings is 2. The van der Waals surface area contributed by atoms with Crippen LogP contribution >= 0.6 is 11.8 Å². The minimum absolute atomic E-state index is 0.00299. The second-order valence-corrected chi connectivity index (χ2v) is 7.70. The van der Waals surface area contributed by atoms with Crippen LogP contribution in [-0.4, -0.2) is 21.7 Å². The van der Waals surface area contributed by atoms with Crippen molar-refractivity contribution >= 4 is 17.5 Å². The smallest absolute Gasteiger partial charge is 0.277 e. The number of rotatable bonds is 6. The van der Waals surface area contributed by atoms with E-state index in [2.05, 4.69) is 10.2 Å². The molecule has 0 spiro atoms. The molecule has 0 saturated heterocycles. The number of ether oxygens (including phenoxy) is 1. The van der Waals surface area contributed by atoms with Crippen molar-refractivity contribution < 1.29 is 13.9 Å². The van der Waals surface area contributed by atoms with Crippen molar-refractivity contribution in [2.75, 3.05) is 5.75 Å². The van der Waals surface area contributed by atoms with Gasteiger partial charge in [-0.2, -0.15) is 0 Å². The van der Waals surface area contributed by atoms with Gasteiger partial charge in [0.25, 0.3) is 5.22 Å². The summed E-state index contributed by atoms with van der Waals surface area (Å²) in [5.74, 6) is 2.25. The summed E-state index contributed by atoms with van der Waals surface area (Å²) in [4.78, 5) is 12.3. The molecule has 134 valence electrons. The van der Waals surface area contributed by atoms with Gasteiger partial charge in [0.05, 0.1) is 5.75 Å². The molecule has 1 heterocycles. The van der Waals surface area contributed by atoms with Crippen LogP contribution in [0.1, 0.15) is 37.0 Å². The van der Waals surface area contributed by atoms with Gasteiger partial charge in [-0.15, -0.1) is 10.2 Å². The van der Waals surface area contributed by atoms with E-state index in [0.717, 1.165) is 5.75 Å². The van der Waals surface area contributed by atoms with Gasteiger partial charge in [-0.05, 0) is 36.4 Å². The Morgan fingerprint density at radius 2 is 1.65 bits per heavy atom. The summed E-state index contributed by atoms with van der Waals surface area (Å²) >= 11 is 1.25. The Morgan fingerprint density at radius 1 is 1.00 bits per heavy atom. The maximum Gasteiger partial charge on any atom is 0.277 e. The summed E-state index contributed by atoms with van der Waals surface area (Å²) < 4.78 is 11.3. The number of nitrogens with zero attached hydrogens (tertiary/aromatic N) is 2. The zero-order valence-electron chi connectivity index (χ0n) is 14.9. The molecular formula is C20H20N2O3S. The molecule has 1 aromatic heterocycles. The molecule has 0 radical (unpaired) electrons. The van der Waals surface area contributed by atoms with Crippen LogP contribution in [0.15, 0.2) is 64.2 Å². The monoisotopic (exact) mass is 368 g/mol. The minimum Gasteiger partial charge on any atom is -0.457 e. The van der Waals surface area contributed by atoms with Gasteiger partial charge in [0.2, 0.25) is 5.89 Å². The molecule has 0 bridgehead atoms. The lowest BCUT2D eigenvalue weighted by atomic mass is 9.97. The van der Waals surface area contributed by atoms with Crippen molar-refractivity contribution in [3.63, 3.8) is 0 Å². The van der Waals surface area contributed by atoms with Crippen molar-refractivity contribution in [2.24, 2.45) is 0 Å². The highest BCUT2D eigenvalue weighted by molar-refractivity contribution is 7.99. The number of hydrogen-bond donors (Lipinski definition) is 0. The van der Waals surface area contributed by atoms with Crippen LogP contribution in [-0.2, 0) is 5.41 Å². The minimum atomic E-state index is -0.204. The van der Waals surface area contributed by atoms with Crippen molar-refractivity contribution in [2.45, 2.75) is 31.4 Å². The molecule has 0 aliphatic heterocycles. The molecule has 3 rings (SSSR count). The predicted molar refractivity (Wildman–Crippen MR) is 101 cm³/mol. The SMILES string of the molecule is CC(C)(C)c1nnc(SCC(=O)c2ccc(Oc3ccccc3)cc2)o1. The normalized spacial score (nSPS) is 11.3. The third-order valence-corrected chi connectivity index (χ3v) is 4.35. The fourth-order valence-electron chi connectivity index (χ4n) is 2.12. The van der Waals surface area contributed by atoms with E-state index in [9.17, 15) is 4.79 Å². The van der Waals surface area contributed by atoms with Crippen LogP contribution in [0, 0.1) is 0 Å². The van der Waals surface area contributed by atoms with Crippen LogP contribution in [0.25, 0.3) is 0 Å². The predicted octanol–water partition coefficient (Wildman–Crippen LogP) is 5.13. The number of ketones is 1. The first kappa shape index (κ1) is 18.2. The molecule has 0 aliphatic rings. The van der Waals surface area contributed by atoms with Gasteiger partial charge >= 0.3 is 0 Å². The van der Waals surface area contributed by atoms with Crippen molar-refractivity contribution in [3.05, 3.63) is 66.1 Å². The third-order valence-electron chi connectivity index (χ3n) is 3.53. The Hall–Kier alpha value is -2.60. The number of para-hydroxylation sites is 1. The first-order chi connectivity index (χ1) is 12.4. The van der Waals surface area contributed by atoms with E-state index >= 15 is 0 Å². The van der Waals surface area contributed by atoms with Gasteiger partial charge in [-0.1, -0.05) is 50.7 Å². The average molecular weight is 368 g/mol. The highest BCUT2D eigenvalue weighted by atomic mass is 32.2. The van der Waals surface area contributed by atoms with Gasteiger partial charge in [-0.25, -0.2) is 0 Å². The van der Waals surface area contributed by atoms with Crippen molar-refractivity contribution in [3.8, 4) is 11.5 Å². The quantitative estimate of drug-likeness (QED) is 0.444. The lowest BCUT2D eigenvalue weighted by Crippen LogP contribution is -2.11. The standard InChI is InChI=1S/C20H20N2O3S/c1-20(2,3)18-21-22-19(25-18)26-13-17(23)14-9-11-16(12-10-14)24-15-7-5-4-6-8-15/h4-12H,13H2,1-3H3. The van der Waals surface area contributed by atoms with Gasteiger partial charge in [0, 0.05) is 11.0 Å². The number of aromatic nitrogens is 2. The molecule has 26 heavy (non-hydrogen) atoms. The first-order valence-electron chi connectivity index (χ1n) is 8.25. The second kappa shape index (κ2) is 7.74. The number of carbonyl (C=O) groups excluding carboxylic acids is 1. The second-order valence-electron chi connectivity index (χ2n) is 6.77. The number of carbonyl (C=O) groups is 1. The Balaban J connectivity index is 1.57. The molecule has 0 amide bonds. The molecule has 6 heteroatoms. The summed E-state index contributed by atoms with van der Waals surface area (Å²) in [7, 11) is 0. The molecule has 2 aromatic carbocycles. The van der Waals surface area contributed by atoms with Gasteiger partial charge in [-0.3, -0.25) is 4.79 Å². The Bertz CT molecular complexity index is 868. The summed E-state index contributed by atoms with van der Waals surface area (Å²) in [5, 5.41) is 8.42. The van der Waals surface area contributed by atoms with E-state index in [-0.39, 0.29) is 17.0 Å². The maximum absolute atomic E-state index is 12.3. The van der Waals surface area contributed by atoms with Gasteiger partial charge in [0.15, 0.2) is 5.78 Å². The molecule has 5 nitrogen and oxygen atoms in total. The van der Waals surface area contributed by atoms with Crippen molar-refractivity contribution in [1.82, 2.24) is 10.2 Å². The fraction of sp³-hybridized carbons (Fsp3) is 0.250. The van der Waals surface area contributed by atoms with Gasteiger partial charge in [0.1, 0.15) is 11.5 Å². The fourth-order valence-corrected chi connectivity index (χ4v) is 2.77. The maximum atomic E-state index is 12.3. The van der Waals surface area contributed by atoms with E-state index in [0.29, 0.717) is 22.4 Å². The Kier molecular flexibility index (Phi) is 5.42. The summed E-state index contributed by atoms with van der Waals surface area (Å²) in [6, 6.07) is 16.6. The summed E-state index contributed by atoms with van der Waals surface area (Å²) in [6.45, 7) is 6.00.